The van der Waals surface area contributed by atoms with Crippen molar-refractivity contribution < 1.29 is 14.7 Å². The van der Waals surface area contributed by atoms with Gasteiger partial charge in [-0.25, -0.2) is 0 Å². The molecule has 0 fully saturated rings. The van der Waals surface area contributed by atoms with E-state index in [1.165, 1.54) is 0 Å². The van der Waals surface area contributed by atoms with Crippen LogP contribution in [-0.2, 0) is 22.4 Å². The fraction of sp³-hybridized carbons (Fsp3) is 0.333. The van der Waals surface area contributed by atoms with E-state index < -0.39 is 5.97 Å². The van der Waals surface area contributed by atoms with Gasteiger partial charge in [0.2, 0.25) is 0 Å². The maximum atomic E-state index is 11.2. The van der Waals surface area contributed by atoms with Crippen LogP contribution in [0.4, 0.5) is 0 Å². The molecule has 3 nitrogen and oxygen atoms in total. The van der Waals surface area contributed by atoms with Crippen LogP contribution in [0.5, 0.6) is 0 Å². The summed E-state index contributed by atoms with van der Waals surface area (Å²) >= 11 is 3.11. The summed E-state index contributed by atoms with van der Waals surface area (Å²) in [5, 5.41) is 9.03. The quantitative estimate of drug-likeness (QED) is 0.843. The lowest BCUT2D eigenvalue weighted by molar-refractivity contribution is -0.136. The molecule has 0 amide bonds. The number of Topliss-reactive ketones (excluding diaryl/α,β-unsaturated/α-hetero) is 1. The molecule has 0 heterocycles. The first-order valence-electron chi connectivity index (χ1n) is 4.90. The summed E-state index contributed by atoms with van der Waals surface area (Å²) in [5.74, 6) is -0.724. The number of aryl methyl sites for hydroxylation is 1. The summed E-state index contributed by atoms with van der Waals surface area (Å²) in [6.07, 6.45) is 0.415. The molecule has 16 heavy (non-hydrogen) atoms. The average Bonchev–Trinajstić information content (AvgIpc) is 2.21. The van der Waals surface area contributed by atoms with Crippen molar-refractivity contribution in [2.24, 2.45) is 0 Å². The van der Waals surface area contributed by atoms with E-state index in [1.807, 2.05) is 19.1 Å². The predicted octanol–water partition coefficient (Wildman–Crippen LogP) is 2.13. The van der Waals surface area contributed by atoms with Crippen molar-refractivity contribution in [3.8, 4) is 0 Å². The molecule has 0 saturated heterocycles. The first-order valence-corrected chi connectivity index (χ1v) is 6.03. The van der Waals surface area contributed by atoms with Gasteiger partial charge in [0.1, 0.15) is 5.78 Å². The minimum Gasteiger partial charge on any atom is -0.481 e. The average molecular weight is 285 g/mol. The number of halogens is 1. The molecule has 0 saturated carbocycles. The minimum atomic E-state index is -0.840. The van der Waals surface area contributed by atoms with Crippen LogP contribution in [0.1, 0.15) is 16.7 Å². The number of carboxylic acids is 1. The van der Waals surface area contributed by atoms with Crippen LogP contribution >= 0.6 is 15.9 Å². The molecular formula is C12H13BrO3. The van der Waals surface area contributed by atoms with E-state index in [0.717, 1.165) is 16.7 Å². The monoisotopic (exact) mass is 284 g/mol. The second-order valence-corrected chi connectivity index (χ2v) is 4.24. The van der Waals surface area contributed by atoms with Crippen LogP contribution in [0, 0.1) is 6.92 Å². The Labute approximate surface area is 103 Å². The number of carbonyl (C=O) groups excluding carboxylic acids is 1. The highest BCUT2D eigenvalue weighted by atomic mass is 79.9. The lowest BCUT2D eigenvalue weighted by atomic mass is 10.0. The number of hydrogen-bond acceptors (Lipinski definition) is 2. The highest BCUT2D eigenvalue weighted by molar-refractivity contribution is 9.09. The third-order valence-corrected chi connectivity index (χ3v) is 2.92. The number of rotatable bonds is 5. The third kappa shape index (κ3) is 3.77. The van der Waals surface area contributed by atoms with Gasteiger partial charge in [-0.3, -0.25) is 9.59 Å². The van der Waals surface area contributed by atoms with Gasteiger partial charge in [0, 0.05) is 6.42 Å². The molecule has 0 radical (unpaired) electrons. The zero-order chi connectivity index (χ0) is 12.1. The molecule has 0 spiro atoms. The van der Waals surface area contributed by atoms with Crippen molar-refractivity contribution in [2.45, 2.75) is 19.8 Å². The SMILES string of the molecule is Cc1cc(CC(=O)CBr)ccc1CC(=O)O. The third-order valence-electron chi connectivity index (χ3n) is 2.30. The Kier molecular flexibility index (Phi) is 4.68. The van der Waals surface area contributed by atoms with Crippen molar-refractivity contribution in [1.82, 2.24) is 0 Å². The van der Waals surface area contributed by atoms with Gasteiger partial charge in [0.05, 0.1) is 11.8 Å². The first kappa shape index (κ1) is 12.9. The van der Waals surface area contributed by atoms with Crippen molar-refractivity contribution in [3.63, 3.8) is 0 Å². The lowest BCUT2D eigenvalue weighted by Crippen LogP contribution is -2.06. The number of benzene rings is 1. The molecule has 1 rings (SSSR count). The van der Waals surface area contributed by atoms with E-state index in [2.05, 4.69) is 15.9 Å². The van der Waals surface area contributed by atoms with E-state index in [-0.39, 0.29) is 12.2 Å². The summed E-state index contributed by atoms with van der Waals surface area (Å²) in [5.41, 5.74) is 2.64. The van der Waals surface area contributed by atoms with Crippen LogP contribution in [0.2, 0.25) is 0 Å². The summed E-state index contributed by atoms with van der Waals surface area (Å²) < 4.78 is 0. The number of hydrogen-bond donors (Lipinski definition) is 1. The standard InChI is InChI=1S/C12H13BrO3/c1-8-4-9(5-11(14)7-13)2-3-10(8)6-12(15)16/h2-4H,5-7H2,1H3,(H,15,16). The summed E-state index contributed by atoms with van der Waals surface area (Å²) in [6.45, 7) is 1.86. The van der Waals surface area contributed by atoms with Gasteiger partial charge in [-0.2, -0.15) is 0 Å². The Hall–Kier alpha value is -1.16. The molecule has 1 N–H and O–H groups in total. The van der Waals surface area contributed by atoms with E-state index in [0.29, 0.717) is 11.8 Å². The minimum absolute atomic E-state index is 0.0263. The smallest absolute Gasteiger partial charge is 0.307 e. The van der Waals surface area contributed by atoms with Gasteiger partial charge < -0.3 is 5.11 Å². The number of carboxylic acid groups (broad SMARTS) is 1. The largest absolute Gasteiger partial charge is 0.481 e. The topological polar surface area (TPSA) is 54.4 Å². The van der Waals surface area contributed by atoms with E-state index in [1.54, 1.807) is 6.07 Å². The number of aliphatic carboxylic acids is 1. The Morgan fingerprint density at radius 3 is 2.50 bits per heavy atom. The Morgan fingerprint density at radius 1 is 1.31 bits per heavy atom. The zero-order valence-electron chi connectivity index (χ0n) is 9.00. The highest BCUT2D eigenvalue weighted by Crippen LogP contribution is 2.13. The van der Waals surface area contributed by atoms with Crippen LogP contribution in [0.3, 0.4) is 0 Å². The van der Waals surface area contributed by atoms with Gasteiger partial charge in [-0.05, 0) is 23.6 Å². The van der Waals surface area contributed by atoms with Crippen molar-refractivity contribution in [3.05, 3.63) is 34.9 Å². The van der Waals surface area contributed by atoms with E-state index in [4.69, 9.17) is 5.11 Å². The second kappa shape index (κ2) is 5.80. The molecule has 0 atom stereocenters. The molecule has 86 valence electrons. The highest BCUT2D eigenvalue weighted by Gasteiger charge is 2.06. The summed E-state index contributed by atoms with van der Waals surface area (Å²) in [7, 11) is 0. The van der Waals surface area contributed by atoms with Crippen molar-refractivity contribution in [2.75, 3.05) is 5.33 Å². The van der Waals surface area contributed by atoms with Crippen LogP contribution < -0.4 is 0 Å². The molecular weight excluding hydrogens is 272 g/mol. The molecule has 0 bridgehead atoms. The second-order valence-electron chi connectivity index (χ2n) is 3.68. The molecule has 0 aliphatic heterocycles. The Morgan fingerprint density at radius 2 is 2.00 bits per heavy atom. The van der Waals surface area contributed by atoms with Gasteiger partial charge in [0.15, 0.2) is 0 Å². The lowest BCUT2D eigenvalue weighted by Gasteiger charge is -2.05. The number of carbonyl (C=O) groups is 2. The molecule has 4 heteroatoms. The molecule has 0 aromatic heterocycles. The molecule has 0 unspecified atom stereocenters. The maximum absolute atomic E-state index is 11.2. The van der Waals surface area contributed by atoms with E-state index >= 15 is 0 Å². The predicted molar refractivity (Wildman–Crippen MR) is 65.0 cm³/mol. The summed E-state index contributed by atoms with van der Waals surface area (Å²) in [4.78, 5) is 21.8. The number of ketones is 1. The zero-order valence-corrected chi connectivity index (χ0v) is 10.6. The normalized spacial score (nSPS) is 10.1. The van der Waals surface area contributed by atoms with Gasteiger partial charge in [-0.1, -0.05) is 34.1 Å². The fourth-order valence-electron chi connectivity index (χ4n) is 1.50. The Bertz CT molecular complexity index is 413. The molecule has 0 aliphatic carbocycles. The van der Waals surface area contributed by atoms with E-state index in [9.17, 15) is 9.59 Å². The number of alkyl halides is 1. The van der Waals surface area contributed by atoms with Crippen molar-refractivity contribution in [1.29, 1.82) is 0 Å². The van der Waals surface area contributed by atoms with Crippen LogP contribution in [0.15, 0.2) is 18.2 Å². The molecule has 1 aromatic carbocycles. The fourth-order valence-corrected chi connectivity index (χ4v) is 1.70. The van der Waals surface area contributed by atoms with Gasteiger partial charge >= 0.3 is 5.97 Å². The van der Waals surface area contributed by atoms with Crippen LogP contribution in [-0.4, -0.2) is 22.2 Å². The maximum Gasteiger partial charge on any atom is 0.307 e. The molecule has 1 aromatic rings. The van der Waals surface area contributed by atoms with Gasteiger partial charge in [-0.15, -0.1) is 0 Å². The van der Waals surface area contributed by atoms with Gasteiger partial charge in [0.25, 0.3) is 0 Å². The van der Waals surface area contributed by atoms with Crippen molar-refractivity contribution >= 4 is 27.7 Å². The Balaban J connectivity index is 2.82. The first-order chi connectivity index (χ1) is 7.52. The molecule has 0 aliphatic rings. The summed E-state index contributed by atoms with van der Waals surface area (Å²) in [6, 6.07) is 5.46. The van der Waals surface area contributed by atoms with Crippen LogP contribution in [0.25, 0.3) is 0 Å².